The van der Waals surface area contributed by atoms with Gasteiger partial charge in [0.25, 0.3) is 5.69 Å². The van der Waals surface area contributed by atoms with Crippen LogP contribution in [0.5, 0.6) is 0 Å². The minimum absolute atomic E-state index is 0.0700. The summed E-state index contributed by atoms with van der Waals surface area (Å²) in [5.41, 5.74) is 0.337. The highest BCUT2D eigenvalue weighted by molar-refractivity contribution is 5.97. The lowest BCUT2D eigenvalue weighted by Crippen LogP contribution is -2.44. The number of non-ortho nitro benzene ring substituents is 1. The molecule has 0 spiro atoms. The molecule has 0 saturated carbocycles. The van der Waals surface area contributed by atoms with Gasteiger partial charge in [0.1, 0.15) is 6.04 Å². The maximum atomic E-state index is 12.3. The first-order valence-electron chi connectivity index (χ1n) is 7.29. The first kappa shape index (κ1) is 18.6. The number of rotatable bonds is 8. The Labute approximate surface area is 134 Å². The molecule has 0 heterocycles. The van der Waals surface area contributed by atoms with Gasteiger partial charge in [-0.15, -0.1) is 0 Å². The van der Waals surface area contributed by atoms with Crippen molar-refractivity contribution in [1.29, 1.82) is 0 Å². The fourth-order valence-electron chi connectivity index (χ4n) is 1.97. The molecule has 0 aromatic heterocycles. The standard InChI is InChI=1S/C15H21N3O5/c1-10(2)9-13(17-14(20)7-8-19)15(21)16-11-3-5-12(6-4-11)18(22)23/h3-6,10,13,19H,7-9H2,1-2H3,(H,16,21)(H,17,20)/t13-/m0/s1. The molecule has 0 fully saturated rings. The second-order valence-corrected chi connectivity index (χ2v) is 5.52. The number of amides is 2. The number of hydrogen-bond donors (Lipinski definition) is 3. The summed E-state index contributed by atoms with van der Waals surface area (Å²) < 4.78 is 0. The van der Waals surface area contributed by atoms with Gasteiger partial charge in [-0.1, -0.05) is 13.8 Å². The summed E-state index contributed by atoms with van der Waals surface area (Å²) in [6, 6.07) is 4.70. The smallest absolute Gasteiger partial charge is 0.269 e. The monoisotopic (exact) mass is 323 g/mol. The number of nitro groups is 1. The molecular formula is C15H21N3O5. The van der Waals surface area contributed by atoms with Gasteiger partial charge in [-0.25, -0.2) is 0 Å². The van der Waals surface area contributed by atoms with Crippen molar-refractivity contribution in [3.05, 3.63) is 34.4 Å². The van der Waals surface area contributed by atoms with Gasteiger partial charge in [0.05, 0.1) is 11.5 Å². The second-order valence-electron chi connectivity index (χ2n) is 5.52. The zero-order valence-electron chi connectivity index (χ0n) is 13.1. The Kier molecular flexibility index (Phi) is 7.14. The third-order valence-corrected chi connectivity index (χ3v) is 3.04. The molecule has 8 nitrogen and oxygen atoms in total. The van der Waals surface area contributed by atoms with Crippen LogP contribution in [0.4, 0.5) is 11.4 Å². The number of benzene rings is 1. The summed E-state index contributed by atoms with van der Waals surface area (Å²) in [5.74, 6) is -0.632. The van der Waals surface area contributed by atoms with Crippen molar-refractivity contribution in [2.75, 3.05) is 11.9 Å². The van der Waals surface area contributed by atoms with Crippen LogP contribution in [-0.2, 0) is 9.59 Å². The van der Waals surface area contributed by atoms with Crippen LogP contribution >= 0.6 is 0 Å². The van der Waals surface area contributed by atoms with E-state index in [0.717, 1.165) is 0 Å². The van der Waals surface area contributed by atoms with Gasteiger partial charge in [-0.3, -0.25) is 19.7 Å². The first-order chi connectivity index (χ1) is 10.8. The maximum absolute atomic E-state index is 12.3. The van der Waals surface area contributed by atoms with Crippen LogP contribution in [-0.4, -0.2) is 34.5 Å². The van der Waals surface area contributed by atoms with Gasteiger partial charge in [0.15, 0.2) is 0 Å². The molecule has 23 heavy (non-hydrogen) atoms. The fraction of sp³-hybridized carbons (Fsp3) is 0.467. The van der Waals surface area contributed by atoms with Crippen LogP contribution in [0.15, 0.2) is 24.3 Å². The molecule has 1 atom stereocenters. The number of nitrogens with one attached hydrogen (secondary N) is 2. The van der Waals surface area contributed by atoms with Crippen molar-refractivity contribution in [3.8, 4) is 0 Å². The summed E-state index contributed by atoms with van der Waals surface area (Å²) in [6.07, 6.45) is 0.370. The number of aliphatic hydroxyl groups is 1. The zero-order chi connectivity index (χ0) is 17.4. The second kappa shape index (κ2) is 8.84. The minimum atomic E-state index is -0.732. The normalized spacial score (nSPS) is 11.8. The Morgan fingerprint density at radius 2 is 1.87 bits per heavy atom. The van der Waals surface area contributed by atoms with E-state index in [0.29, 0.717) is 12.1 Å². The van der Waals surface area contributed by atoms with Crippen LogP contribution in [0.25, 0.3) is 0 Å². The summed E-state index contributed by atoms with van der Waals surface area (Å²) in [4.78, 5) is 33.9. The van der Waals surface area contributed by atoms with Crippen LogP contribution in [0.3, 0.4) is 0 Å². The topological polar surface area (TPSA) is 122 Å². The molecule has 1 rings (SSSR count). The highest BCUT2D eigenvalue weighted by atomic mass is 16.6. The highest BCUT2D eigenvalue weighted by Gasteiger charge is 2.22. The molecule has 8 heteroatoms. The van der Waals surface area contributed by atoms with Crippen molar-refractivity contribution in [1.82, 2.24) is 5.32 Å². The summed E-state index contributed by atoms with van der Waals surface area (Å²) in [7, 11) is 0. The van der Waals surface area contributed by atoms with Gasteiger partial charge < -0.3 is 15.7 Å². The van der Waals surface area contributed by atoms with Crippen molar-refractivity contribution in [2.45, 2.75) is 32.7 Å². The van der Waals surface area contributed by atoms with Crippen LogP contribution in [0.1, 0.15) is 26.7 Å². The van der Waals surface area contributed by atoms with Crippen molar-refractivity contribution >= 4 is 23.2 Å². The molecular weight excluding hydrogens is 302 g/mol. The number of aliphatic hydroxyl groups excluding tert-OH is 1. The molecule has 1 aromatic rings. The third-order valence-electron chi connectivity index (χ3n) is 3.04. The van der Waals surface area contributed by atoms with E-state index in [1.807, 2.05) is 13.8 Å². The van der Waals surface area contributed by atoms with E-state index in [2.05, 4.69) is 10.6 Å². The van der Waals surface area contributed by atoms with Crippen molar-refractivity contribution in [2.24, 2.45) is 5.92 Å². The molecule has 0 radical (unpaired) electrons. The Hall–Kier alpha value is -2.48. The van der Waals surface area contributed by atoms with Crippen LogP contribution in [0.2, 0.25) is 0 Å². The van der Waals surface area contributed by atoms with E-state index in [-0.39, 0.29) is 24.6 Å². The zero-order valence-corrected chi connectivity index (χ0v) is 13.1. The lowest BCUT2D eigenvalue weighted by molar-refractivity contribution is -0.384. The first-order valence-corrected chi connectivity index (χ1v) is 7.29. The van der Waals surface area contributed by atoms with Gasteiger partial charge in [-0.05, 0) is 24.5 Å². The maximum Gasteiger partial charge on any atom is 0.269 e. The van der Waals surface area contributed by atoms with E-state index < -0.39 is 22.8 Å². The van der Waals surface area contributed by atoms with Gasteiger partial charge in [0.2, 0.25) is 11.8 Å². The average Bonchev–Trinajstić information content (AvgIpc) is 2.46. The molecule has 0 aliphatic carbocycles. The Balaban J connectivity index is 2.75. The third kappa shape index (κ3) is 6.43. The summed E-state index contributed by atoms with van der Waals surface area (Å²) in [5, 5.41) is 24.6. The number of carbonyl (C=O) groups is 2. The minimum Gasteiger partial charge on any atom is -0.396 e. The van der Waals surface area contributed by atoms with Gasteiger partial charge in [0, 0.05) is 24.2 Å². The molecule has 0 aliphatic rings. The van der Waals surface area contributed by atoms with E-state index >= 15 is 0 Å². The number of anilines is 1. The van der Waals surface area contributed by atoms with E-state index in [1.54, 1.807) is 0 Å². The highest BCUT2D eigenvalue weighted by Crippen LogP contribution is 2.16. The van der Waals surface area contributed by atoms with Gasteiger partial charge >= 0.3 is 0 Å². The molecule has 126 valence electrons. The quantitative estimate of drug-likeness (QED) is 0.494. The van der Waals surface area contributed by atoms with Gasteiger partial charge in [-0.2, -0.15) is 0 Å². The predicted molar refractivity (Wildman–Crippen MR) is 84.8 cm³/mol. The number of hydrogen-bond acceptors (Lipinski definition) is 5. The molecule has 0 bridgehead atoms. The number of nitrogens with zero attached hydrogens (tertiary/aromatic N) is 1. The predicted octanol–water partition coefficient (Wildman–Crippen LogP) is 1.45. The van der Waals surface area contributed by atoms with Crippen LogP contribution < -0.4 is 10.6 Å². The average molecular weight is 323 g/mol. The summed E-state index contributed by atoms with van der Waals surface area (Å²) >= 11 is 0. The van der Waals surface area contributed by atoms with E-state index in [1.165, 1.54) is 24.3 Å². The Morgan fingerprint density at radius 3 is 2.35 bits per heavy atom. The molecule has 0 unspecified atom stereocenters. The SMILES string of the molecule is CC(C)C[C@H](NC(=O)CCO)C(=O)Nc1ccc([N+](=O)[O-])cc1. The summed E-state index contributed by atoms with van der Waals surface area (Å²) in [6.45, 7) is 3.55. The molecule has 1 aromatic carbocycles. The largest absolute Gasteiger partial charge is 0.396 e. The van der Waals surface area contributed by atoms with Crippen molar-refractivity contribution in [3.63, 3.8) is 0 Å². The molecule has 2 amide bonds. The number of nitro benzene ring substituents is 1. The fourth-order valence-corrected chi connectivity index (χ4v) is 1.97. The Bertz CT molecular complexity index is 557. The van der Waals surface area contributed by atoms with E-state index in [9.17, 15) is 19.7 Å². The molecule has 0 aliphatic heterocycles. The lowest BCUT2D eigenvalue weighted by atomic mass is 10.0. The Morgan fingerprint density at radius 1 is 1.26 bits per heavy atom. The van der Waals surface area contributed by atoms with E-state index in [4.69, 9.17) is 5.11 Å². The van der Waals surface area contributed by atoms with Crippen molar-refractivity contribution < 1.29 is 19.6 Å². The van der Waals surface area contributed by atoms with Crippen LogP contribution in [0, 0.1) is 16.0 Å². The lowest BCUT2D eigenvalue weighted by Gasteiger charge is -2.20. The molecule has 3 N–H and O–H groups in total. The number of carbonyl (C=O) groups excluding carboxylic acids is 2. The molecule has 0 saturated heterocycles.